The number of amides is 1. The molecule has 0 bridgehead atoms. The van der Waals surface area contributed by atoms with E-state index in [0.29, 0.717) is 5.69 Å². The second-order valence-electron chi connectivity index (χ2n) is 4.50. The highest BCUT2D eigenvalue weighted by atomic mass is 16.1. The van der Waals surface area contributed by atoms with Crippen LogP contribution in [0.1, 0.15) is 5.56 Å². The van der Waals surface area contributed by atoms with E-state index in [1.165, 1.54) is 6.20 Å². The van der Waals surface area contributed by atoms with Gasteiger partial charge in [0.25, 0.3) is 5.91 Å². The van der Waals surface area contributed by atoms with Crippen molar-refractivity contribution < 1.29 is 4.79 Å². The van der Waals surface area contributed by atoms with E-state index in [9.17, 15) is 4.79 Å². The predicted octanol–water partition coefficient (Wildman–Crippen LogP) is 3.45. The van der Waals surface area contributed by atoms with Crippen molar-refractivity contribution in [3.05, 3.63) is 71.9 Å². The molecule has 0 saturated carbocycles. The maximum atomic E-state index is 12.0. The number of nitrogens with zero attached hydrogens (tertiary/aromatic N) is 1. The molecule has 0 spiro atoms. The summed E-state index contributed by atoms with van der Waals surface area (Å²) in [7, 11) is 0. The van der Waals surface area contributed by atoms with E-state index < -0.39 is 5.91 Å². The fourth-order valence-electron chi connectivity index (χ4n) is 1.76. The van der Waals surface area contributed by atoms with Crippen molar-refractivity contribution in [2.45, 2.75) is 6.92 Å². The van der Waals surface area contributed by atoms with Gasteiger partial charge in [0.1, 0.15) is 11.6 Å². The Morgan fingerprint density at radius 1 is 1.10 bits per heavy atom. The summed E-state index contributed by atoms with van der Waals surface area (Å²) in [6.45, 7) is 1.97. The summed E-state index contributed by atoms with van der Waals surface area (Å²) in [5.41, 5.74) is 2.59. The minimum atomic E-state index is -0.441. The average molecular weight is 277 g/mol. The zero-order chi connectivity index (χ0) is 15.1. The Morgan fingerprint density at radius 3 is 2.48 bits per heavy atom. The van der Waals surface area contributed by atoms with Gasteiger partial charge in [-0.3, -0.25) is 4.79 Å². The zero-order valence-electron chi connectivity index (χ0n) is 11.6. The standard InChI is InChI=1S/C17H15N3O/c1-13-6-5-9-16(10-13)19-12-14(11-18)17(21)20-15-7-3-2-4-8-15/h2-10,12,19H,1H3,(H,20,21)/b14-12+. The SMILES string of the molecule is Cc1cccc(N/C=C(\C#N)C(=O)Nc2ccccc2)c1. The van der Waals surface area contributed by atoms with Crippen LogP contribution in [0.2, 0.25) is 0 Å². The summed E-state index contributed by atoms with van der Waals surface area (Å²) < 4.78 is 0. The van der Waals surface area contributed by atoms with Crippen LogP contribution in [0.3, 0.4) is 0 Å². The molecule has 0 aliphatic carbocycles. The molecule has 0 heterocycles. The van der Waals surface area contributed by atoms with Gasteiger partial charge >= 0.3 is 0 Å². The molecule has 0 radical (unpaired) electrons. The molecule has 0 aliphatic heterocycles. The van der Waals surface area contributed by atoms with Crippen LogP contribution in [0.15, 0.2) is 66.4 Å². The van der Waals surface area contributed by atoms with Crippen molar-refractivity contribution in [1.29, 1.82) is 5.26 Å². The van der Waals surface area contributed by atoms with Gasteiger partial charge in [0, 0.05) is 17.6 Å². The number of anilines is 2. The fraction of sp³-hybridized carbons (Fsp3) is 0.0588. The molecule has 21 heavy (non-hydrogen) atoms. The maximum Gasteiger partial charge on any atom is 0.267 e. The minimum Gasteiger partial charge on any atom is -0.360 e. The Bertz CT molecular complexity index is 699. The average Bonchev–Trinajstić information content (AvgIpc) is 2.49. The first-order chi connectivity index (χ1) is 10.2. The van der Waals surface area contributed by atoms with Crippen LogP contribution in [0.25, 0.3) is 0 Å². The molecule has 104 valence electrons. The second-order valence-corrected chi connectivity index (χ2v) is 4.50. The molecule has 0 atom stereocenters. The van der Waals surface area contributed by atoms with E-state index in [1.807, 2.05) is 55.5 Å². The van der Waals surface area contributed by atoms with Crippen LogP contribution < -0.4 is 10.6 Å². The highest BCUT2D eigenvalue weighted by Gasteiger charge is 2.08. The summed E-state index contributed by atoms with van der Waals surface area (Å²) in [5.74, 6) is -0.441. The van der Waals surface area contributed by atoms with Crippen molar-refractivity contribution in [2.75, 3.05) is 10.6 Å². The number of aryl methyl sites for hydroxylation is 1. The number of nitrogens with one attached hydrogen (secondary N) is 2. The number of carbonyl (C=O) groups is 1. The molecular weight excluding hydrogens is 262 g/mol. The summed E-state index contributed by atoms with van der Waals surface area (Å²) in [5, 5.41) is 14.7. The van der Waals surface area contributed by atoms with E-state index in [0.717, 1.165) is 11.3 Å². The number of hydrogen-bond donors (Lipinski definition) is 2. The Morgan fingerprint density at radius 2 is 1.81 bits per heavy atom. The number of carbonyl (C=O) groups excluding carboxylic acids is 1. The molecule has 2 aromatic carbocycles. The van der Waals surface area contributed by atoms with Gasteiger partial charge < -0.3 is 10.6 Å². The van der Waals surface area contributed by atoms with E-state index in [1.54, 1.807) is 12.1 Å². The van der Waals surface area contributed by atoms with Gasteiger partial charge in [-0.25, -0.2) is 0 Å². The van der Waals surface area contributed by atoms with Crippen molar-refractivity contribution in [2.24, 2.45) is 0 Å². The van der Waals surface area contributed by atoms with Gasteiger partial charge in [-0.2, -0.15) is 5.26 Å². The second kappa shape index (κ2) is 6.92. The number of benzene rings is 2. The monoisotopic (exact) mass is 277 g/mol. The van der Waals surface area contributed by atoms with Gasteiger partial charge in [-0.15, -0.1) is 0 Å². The fourth-order valence-corrected chi connectivity index (χ4v) is 1.76. The molecule has 2 aromatic rings. The van der Waals surface area contributed by atoms with Gasteiger partial charge in [-0.05, 0) is 36.8 Å². The van der Waals surface area contributed by atoms with Crippen molar-refractivity contribution in [3.8, 4) is 6.07 Å². The molecule has 0 aliphatic rings. The van der Waals surface area contributed by atoms with Gasteiger partial charge in [0.05, 0.1) is 0 Å². The highest BCUT2D eigenvalue weighted by molar-refractivity contribution is 6.06. The first kappa shape index (κ1) is 14.4. The largest absolute Gasteiger partial charge is 0.360 e. The van der Waals surface area contributed by atoms with Crippen LogP contribution in [0.4, 0.5) is 11.4 Å². The Labute approximate surface area is 123 Å². The lowest BCUT2D eigenvalue weighted by Gasteiger charge is -2.05. The molecule has 0 fully saturated rings. The number of nitriles is 1. The molecular formula is C17H15N3O. The molecule has 0 unspecified atom stereocenters. The summed E-state index contributed by atoms with van der Waals surface area (Å²) in [4.78, 5) is 12.0. The minimum absolute atomic E-state index is 0.0142. The number of para-hydroxylation sites is 1. The lowest BCUT2D eigenvalue weighted by atomic mass is 10.2. The highest BCUT2D eigenvalue weighted by Crippen LogP contribution is 2.11. The molecule has 1 amide bonds. The van der Waals surface area contributed by atoms with E-state index in [4.69, 9.17) is 5.26 Å². The summed E-state index contributed by atoms with van der Waals surface area (Å²) in [6, 6.07) is 18.6. The summed E-state index contributed by atoms with van der Waals surface area (Å²) >= 11 is 0. The molecule has 0 aromatic heterocycles. The van der Waals surface area contributed by atoms with Gasteiger partial charge in [0.15, 0.2) is 0 Å². The zero-order valence-corrected chi connectivity index (χ0v) is 11.6. The van der Waals surface area contributed by atoms with Crippen LogP contribution in [0, 0.1) is 18.3 Å². The lowest BCUT2D eigenvalue weighted by molar-refractivity contribution is -0.112. The van der Waals surface area contributed by atoms with Crippen molar-refractivity contribution in [3.63, 3.8) is 0 Å². The van der Waals surface area contributed by atoms with E-state index in [-0.39, 0.29) is 5.57 Å². The Kier molecular flexibility index (Phi) is 4.73. The smallest absolute Gasteiger partial charge is 0.267 e. The van der Waals surface area contributed by atoms with E-state index in [2.05, 4.69) is 10.6 Å². The first-order valence-corrected chi connectivity index (χ1v) is 6.49. The molecule has 0 saturated heterocycles. The normalized spacial score (nSPS) is 10.6. The molecule has 2 rings (SSSR count). The first-order valence-electron chi connectivity index (χ1n) is 6.49. The quantitative estimate of drug-likeness (QED) is 0.664. The number of rotatable bonds is 4. The molecule has 4 nitrogen and oxygen atoms in total. The van der Waals surface area contributed by atoms with E-state index >= 15 is 0 Å². The van der Waals surface area contributed by atoms with Crippen molar-refractivity contribution >= 4 is 17.3 Å². The molecule has 2 N–H and O–H groups in total. The lowest BCUT2D eigenvalue weighted by Crippen LogP contribution is -2.14. The predicted molar refractivity (Wildman–Crippen MR) is 83.6 cm³/mol. The van der Waals surface area contributed by atoms with Gasteiger partial charge in [0.2, 0.25) is 0 Å². The Hall–Kier alpha value is -3.06. The summed E-state index contributed by atoms with van der Waals surface area (Å²) in [6.07, 6.45) is 1.41. The topological polar surface area (TPSA) is 64.9 Å². The van der Waals surface area contributed by atoms with Gasteiger partial charge in [-0.1, -0.05) is 30.3 Å². The molecule has 4 heteroatoms. The van der Waals surface area contributed by atoms with Crippen LogP contribution >= 0.6 is 0 Å². The third-order valence-electron chi connectivity index (χ3n) is 2.80. The number of hydrogen-bond acceptors (Lipinski definition) is 3. The third kappa shape index (κ3) is 4.22. The maximum absolute atomic E-state index is 12.0. The Balaban J connectivity index is 2.07. The van der Waals surface area contributed by atoms with Crippen LogP contribution in [0.5, 0.6) is 0 Å². The van der Waals surface area contributed by atoms with Crippen LogP contribution in [-0.4, -0.2) is 5.91 Å². The van der Waals surface area contributed by atoms with Crippen LogP contribution in [-0.2, 0) is 4.79 Å². The van der Waals surface area contributed by atoms with Crippen molar-refractivity contribution in [1.82, 2.24) is 0 Å². The third-order valence-corrected chi connectivity index (χ3v) is 2.80.